The number of aromatic nitrogens is 1. The van der Waals surface area contributed by atoms with Crippen LogP contribution in [0, 0.1) is 0 Å². The van der Waals surface area contributed by atoms with E-state index in [9.17, 15) is 4.79 Å². The van der Waals surface area contributed by atoms with E-state index < -0.39 is 0 Å². The number of nitrogens with zero attached hydrogens (tertiary/aromatic N) is 1. The Labute approximate surface area is 120 Å². The summed E-state index contributed by atoms with van der Waals surface area (Å²) in [6.07, 6.45) is 3.33. The number of rotatable bonds is 3. The van der Waals surface area contributed by atoms with Crippen molar-refractivity contribution in [2.24, 2.45) is 0 Å². The molecule has 0 atom stereocenters. The Morgan fingerprint density at radius 2 is 2.00 bits per heavy atom. The van der Waals surface area contributed by atoms with Gasteiger partial charge in [0.15, 0.2) is 0 Å². The molecule has 0 aliphatic heterocycles. The number of hydrogen-bond donors (Lipinski definition) is 1. The summed E-state index contributed by atoms with van der Waals surface area (Å²) in [5.74, 6) is -0.141. The van der Waals surface area contributed by atoms with Crippen molar-refractivity contribution in [1.82, 2.24) is 4.98 Å². The Bertz CT molecular complexity index is 762. The molecule has 0 unspecified atom stereocenters. The second kappa shape index (κ2) is 5.67. The van der Waals surface area contributed by atoms with Crippen molar-refractivity contribution in [3.63, 3.8) is 0 Å². The van der Waals surface area contributed by atoms with E-state index in [1.165, 1.54) is 6.08 Å². The number of nitrogens with one attached hydrogen (secondary N) is 1. The molecule has 3 nitrogen and oxygen atoms in total. The van der Waals surface area contributed by atoms with Gasteiger partial charge in [0.2, 0.25) is 5.91 Å². The normalized spacial score (nSPS) is 11.0. The summed E-state index contributed by atoms with van der Waals surface area (Å²) >= 11 is 1.56. The minimum atomic E-state index is -0.141. The van der Waals surface area contributed by atoms with E-state index in [1.54, 1.807) is 22.9 Å². The van der Waals surface area contributed by atoms with Crippen molar-refractivity contribution >= 4 is 39.2 Å². The topological polar surface area (TPSA) is 42.0 Å². The van der Waals surface area contributed by atoms with Gasteiger partial charge in [-0.15, -0.1) is 11.3 Å². The van der Waals surface area contributed by atoms with E-state index in [1.807, 2.05) is 48.5 Å². The Balaban J connectivity index is 1.70. The first-order valence-corrected chi connectivity index (χ1v) is 7.06. The summed E-state index contributed by atoms with van der Waals surface area (Å²) in [5.41, 5.74) is 4.53. The van der Waals surface area contributed by atoms with Gasteiger partial charge >= 0.3 is 0 Å². The molecule has 3 aromatic rings. The first-order valence-electron chi connectivity index (χ1n) is 6.19. The van der Waals surface area contributed by atoms with Crippen LogP contribution in [-0.4, -0.2) is 10.9 Å². The summed E-state index contributed by atoms with van der Waals surface area (Å²) < 4.78 is 1.06. The molecule has 1 aromatic heterocycles. The van der Waals surface area contributed by atoms with Gasteiger partial charge in [0, 0.05) is 11.8 Å². The lowest BCUT2D eigenvalue weighted by atomic mass is 10.2. The fraction of sp³-hybridized carbons (Fsp3) is 0. The van der Waals surface area contributed by atoms with Crippen LogP contribution in [0.15, 0.2) is 60.1 Å². The molecule has 0 radical (unpaired) electrons. The zero-order chi connectivity index (χ0) is 13.8. The maximum Gasteiger partial charge on any atom is 0.248 e. The van der Waals surface area contributed by atoms with Crippen molar-refractivity contribution in [1.29, 1.82) is 0 Å². The lowest BCUT2D eigenvalue weighted by Gasteiger charge is -2.01. The SMILES string of the molecule is O=C(/C=C/c1ccccc1)Nc1ccc2ncsc2c1. The van der Waals surface area contributed by atoms with Crippen LogP contribution in [-0.2, 0) is 4.79 Å². The molecular formula is C16H12N2OS. The first-order chi connectivity index (χ1) is 9.81. The first kappa shape index (κ1) is 12.6. The van der Waals surface area contributed by atoms with Crippen LogP contribution in [0.4, 0.5) is 5.69 Å². The van der Waals surface area contributed by atoms with Crippen LogP contribution in [0.2, 0.25) is 0 Å². The van der Waals surface area contributed by atoms with E-state index >= 15 is 0 Å². The number of hydrogen-bond acceptors (Lipinski definition) is 3. The van der Waals surface area contributed by atoms with Crippen molar-refractivity contribution < 1.29 is 4.79 Å². The van der Waals surface area contributed by atoms with Gasteiger partial charge in [-0.05, 0) is 29.8 Å². The molecule has 2 aromatic carbocycles. The minimum Gasteiger partial charge on any atom is -0.322 e. The highest BCUT2D eigenvalue weighted by Crippen LogP contribution is 2.21. The molecule has 1 N–H and O–H groups in total. The van der Waals surface area contributed by atoms with Crippen LogP contribution < -0.4 is 5.32 Å². The second-order valence-corrected chi connectivity index (χ2v) is 5.15. The van der Waals surface area contributed by atoms with Crippen LogP contribution in [0.1, 0.15) is 5.56 Å². The monoisotopic (exact) mass is 280 g/mol. The zero-order valence-electron chi connectivity index (χ0n) is 10.6. The standard InChI is InChI=1S/C16H12N2OS/c19-16(9-6-12-4-2-1-3-5-12)18-13-7-8-14-15(10-13)20-11-17-14/h1-11H,(H,18,19)/b9-6+. The van der Waals surface area contributed by atoms with E-state index in [2.05, 4.69) is 10.3 Å². The average molecular weight is 280 g/mol. The lowest BCUT2D eigenvalue weighted by molar-refractivity contribution is -0.111. The average Bonchev–Trinajstić information content (AvgIpc) is 2.94. The highest BCUT2D eigenvalue weighted by molar-refractivity contribution is 7.16. The zero-order valence-corrected chi connectivity index (χ0v) is 11.4. The summed E-state index contributed by atoms with van der Waals surface area (Å²) in [6.45, 7) is 0. The van der Waals surface area contributed by atoms with Gasteiger partial charge in [0.25, 0.3) is 0 Å². The fourth-order valence-electron chi connectivity index (χ4n) is 1.85. The van der Waals surface area contributed by atoms with E-state index in [-0.39, 0.29) is 5.91 Å². The molecule has 1 heterocycles. The third-order valence-electron chi connectivity index (χ3n) is 2.83. The maximum absolute atomic E-state index is 11.8. The van der Waals surface area contributed by atoms with Crippen LogP contribution in [0.25, 0.3) is 16.3 Å². The summed E-state index contributed by atoms with van der Waals surface area (Å²) in [7, 11) is 0. The summed E-state index contributed by atoms with van der Waals surface area (Å²) in [6, 6.07) is 15.4. The third-order valence-corrected chi connectivity index (χ3v) is 3.62. The molecule has 98 valence electrons. The number of thiazole rings is 1. The van der Waals surface area contributed by atoms with Gasteiger partial charge < -0.3 is 5.32 Å². The molecule has 0 aliphatic rings. The van der Waals surface area contributed by atoms with Crippen LogP contribution in [0.5, 0.6) is 0 Å². The van der Waals surface area contributed by atoms with E-state index in [0.717, 1.165) is 21.5 Å². The van der Waals surface area contributed by atoms with Gasteiger partial charge in [0.1, 0.15) is 0 Å². The number of carbonyl (C=O) groups is 1. The number of fused-ring (bicyclic) bond motifs is 1. The Kier molecular flexibility index (Phi) is 3.56. The molecule has 0 fully saturated rings. The molecule has 0 saturated heterocycles. The maximum atomic E-state index is 11.8. The summed E-state index contributed by atoms with van der Waals surface area (Å²) in [5, 5.41) is 2.85. The molecule has 3 rings (SSSR count). The lowest BCUT2D eigenvalue weighted by Crippen LogP contribution is -2.07. The smallest absolute Gasteiger partial charge is 0.248 e. The number of anilines is 1. The molecule has 1 amide bonds. The number of carbonyl (C=O) groups excluding carboxylic acids is 1. The van der Waals surface area contributed by atoms with Crippen LogP contribution in [0.3, 0.4) is 0 Å². The van der Waals surface area contributed by atoms with Gasteiger partial charge in [-0.3, -0.25) is 4.79 Å². The number of amides is 1. The Hall–Kier alpha value is -2.46. The van der Waals surface area contributed by atoms with Crippen LogP contribution >= 0.6 is 11.3 Å². The Morgan fingerprint density at radius 1 is 1.15 bits per heavy atom. The van der Waals surface area contributed by atoms with Crippen molar-refractivity contribution in [2.45, 2.75) is 0 Å². The van der Waals surface area contributed by atoms with Crippen molar-refractivity contribution in [2.75, 3.05) is 5.32 Å². The van der Waals surface area contributed by atoms with Gasteiger partial charge in [-0.2, -0.15) is 0 Å². The van der Waals surface area contributed by atoms with E-state index in [4.69, 9.17) is 0 Å². The van der Waals surface area contributed by atoms with E-state index in [0.29, 0.717) is 0 Å². The quantitative estimate of drug-likeness (QED) is 0.738. The number of benzene rings is 2. The largest absolute Gasteiger partial charge is 0.322 e. The van der Waals surface area contributed by atoms with Gasteiger partial charge in [0.05, 0.1) is 15.7 Å². The molecule has 0 saturated carbocycles. The molecular weight excluding hydrogens is 268 g/mol. The summed E-state index contributed by atoms with van der Waals surface area (Å²) in [4.78, 5) is 16.1. The molecule has 20 heavy (non-hydrogen) atoms. The highest BCUT2D eigenvalue weighted by atomic mass is 32.1. The predicted molar refractivity (Wildman–Crippen MR) is 83.7 cm³/mol. The van der Waals surface area contributed by atoms with Gasteiger partial charge in [-0.1, -0.05) is 30.3 Å². The Morgan fingerprint density at radius 3 is 2.85 bits per heavy atom. The molecule has 0 aliphatic carbocycles. The fourth-order valence-corrected chi connectivity index (χ4v) is 2.57. The second-order valence-electron chi connectivity index (χ2n) is 4.27. The van der Waals surface area contributed by atoms with Crippen molar-refractivity contribution in [3.8, 4) is 0 Å². The van der Waals surface area contributed by atoms with Crippen molar-refractivity contribution in [3.05, 3.63) is 65.7 Å². The van der Waals surface area contributed by atoms with Gasteiger partial charge in [-0.25, -0.2) is 4.98 Å². The molecule has 4 heteroatoms. The minimum absolute atomic E-state index is 0.141. The third kappa shape index (κ3) is 2.92. The predicted octanol–water partition coefficient (Wildman–Crippen LogP) is 3.95. The molecule has 0 bridgehead atoms. The molecule has 0 spiro atoms. The highest BCUT2D eigenvalue weighted by Gasteiger charge is 2.01.